The number of rotatable bonds is 11. The normalized spacial score (nSPS) is 12.7. The van der Waals surface area contributed by atoms with E-state index < -0.39 is 6.04 Å². The highest BCUT2D eigenvalue weighted by molar-refractivity contribution is 5.81. The molecule has 1 atom stereocenters. The Labute approximate surface area is 110 Å². The smallest absolute Gasteiger partial charge is 0.236 e. The Morgan fingerprint density at radius 2 is 1.94 bits per heavy atom. The Bertz CT molecular complexity index is 210. The maximum atomic E-state index is 11.5. The van der Waals surface area contributed by atoms with Crippen LogP contribution in [0.5, 0.6) is 0 Å². The first-order valence-electron chi connectivity index (χ1n) is 6.68. The molecule has 5 heteroatoms. The summed E-state index contributed by atoms with van der Waals surface area (Å²) in [5.41, 5.74) is 5.73. The molecule has 0 rings (SSSR count). The molecule has 0 aliphatic carbocycles. The molecule has 0 aromatic rings. The van der Waals surface area contributed by atoms with Crippen molar-refractivity contribution in [2.75, 3.05) is 33.5 Å². The van der Waals surface area contributed by atoms with Crippen LogP contribution in [-0.4, -0.2) is 45.4 Å². The lowest BCUT2D eigenvalue weighted by Gasteiger charge is -2.12. The quantitative estimate of drug-likeness (QED) is 0.542. The highest BCUT2D eigenvalue weighted by Crippen LogP contribution is 1.98. The molecule has 0 saturated carbocycles. The van der Waals surface area contributed by atoms with Gasteiger partial charge in [0.15, 0.2) is 0 Å². The number of carbonyl (C=O) groups excluding carboxylic acids is 1. The van der Waals surface area contributed by atoms with Gasteiger partial charge in [-0.2, -0.15) is 0 Å². The molecule has 5 nitrogen and oxygen atoms in total. The summed E-state index contributed by atoms with van der Waals surface area (Å²) in [6.45, 7) is 6.76. The molecular formula is C13H28N2O3. The van der Waals surface area contributed by atoms with Gasteiger partial charge in [-0.1, -0.05) is 13.8 Å². The van der Waals surface area contributed by atoms with Crippen molar-refractivity contribution >= 4 is 5.91 Å². The maximum Gasteiger partial charge on any atom is 0.236 e. The number of methoxy groups -OCH3 is 1. The standard InChI is InChI=1S/C13H28N2O3/c1-11(2)6-9-18-10-7-15-13(16)12(14)5-4-8-17-3/h11-12H,4-10,14H2,1-3H3,(H,15,16). The van der Waals surface area contributed by atoms with Crippen LogP contribution in [0.1, 0.15) is 33.1 Å². The van der Waals surface area contributed by atoms with Gasteiger partial charge >= 0.3 is 0 Å². The summed E-state index contributed by atoms with van der Waals surface area (Å²) in [4.78, 5) is 11.5. The Balaban J connectivity index is 3.40. The topological polar surface area (TPSA) is 73.6 Å². The summed E-state index contributed by atoms with van der Waals surface area (Å²) in [5, 5.41) is 2.77. The molecule has 18 heavy (non-hydrogen) atoms. The van der Waals surface area contributed by atoms with Gasteiger partial charge in [0.05, 0.1) is 12.6 Å². The van der Waals surface area contributed by atoms with E-state index in [1.165, 1.54) is 0 Å². The fourth-order valence-corrected chi connectivity index (χ4v) is 1.38. The van der Waals surface area contributed by atoms with Crippen LogP contribution >= 0.6 is 0 Å². The van der Waals surface area contributed by atoms with Gasteiger partial charge in [0.2, 0.25) is 5.91 Å². The lowest BCUT2D eigenvalue weighted by atomic mass is 10.1. The van der Waals surface area contributed by atoms with Crippen molar-refractivity contribution in [1.29, 1.82) is 0 Å². The SMILES string of the molecule is COCCCC(N)C(=O)NCCOCCC(C)C. The van der Waals surface area contributed by atoms with E-state index in [9.17, 15) is 4.79 Å². The van der Waals surface area contributed by atoms with E-state index in [0.717, 1.165) is 19.4 Å². The zero-order valence-electron chi connectivity index (χ0n) is 11.9. The Hall–Kier alpha value is -0.650. The third-order valence-corrected chi connectivity index (χ3v) is 2.59. The molecule has 0 aliphatic heterocycles. The average molecular weight is 260 g/mol. The minimum absolute atomic E-state index is 0.112. The molecule has 0 aromatic carbocycles. The van der Waals surface area contributed by atoms with Crippen LogP contribution in [0, 0.1) is 5.92 Å². The van der Waals surface area contributed by atoms with Gasteiger partial charge in [0.25, 0.3) is 0 Å². The molecule has 108 valence electrons. The number of hydrogen-bond donors (Lipinski definition) is 2. The van der Waals surface area contributed by atoms with Gasteiger partial charge in [-0.05, 0) is 25.2 Å². The Morgan fingerprint density at radius 3 is 2.56 bits per heavy atom. The van der Waals surface area contributed by atoms with Gasteiger partial charge < -0.3 is 20.5 Å². The van der Waals surface area contributed by atoms with Crippen molar-refractivity contribution in [2.24, 2.45) is 11.7 Å². The minimum Gasteiger partial charge on any atom is -0.385 e. The van der Waals surface area contributed by atoms with Gasteiger partial charge in [-0.25, -0.2) is 0 Å². The summed E-state index contributed by atoms with van der Waals surface area (Å²) in [6.07, 6.45) is 2.49. The Kier molecular flexibility index (Phi) is 11.0. The number of ether oxygens (including phenoxy) is 2. The first-order valence-corrected chi connectivity index (χ1v) is 6.68. The largest absolute Gasteiger partial charge is 0.385 e. The summed E-state index contributed by atoms with van der Waals surface area (Å²) < 4.78 is 10.3. The van der Waals surface area contributed by atoms with Crippen LogP contribution in [0.15, 0.2) is 0 Å². The summed E-state index contributed by atoms with van der Waals surface area (Å²) in [6, 6.07) is -0.448. The predicted molar refractivity (Wildman–Crippen MR) is 72.4 cm³/mol. The molecule has 0 heterocycles. The lowest BCUT2D eigenvalue weighted by Crippen LogP contribution is -2.41. The fourth-order valence-electron chi connectivity index (χ4n) is 1.38. The van der Waals surface area contributed by atoms with Crippen molar-refractivity contribution in [3.8, 4) is 0 Å². The molecule has 0 aliphatic rings. The van der Waals surface area contributed by atoms with E-state index in [2.05, 4.69) is 19.2 Å². The molecular weight excluding hydrogens is 232 g/mol. The van der Waals surface area contributed by atoms with E-state index in [4.69, 9.17) is 15.2 Å². The number of nitrogens with two attached hydrogens (primary N) is 1. The summed E-state index contributed by atoms with van der Waals surface area (Å²) in [7, 11) is 1.64. The van der Waals surface area contributed by atoms with Crippen LogP contribution in [0.25, 0.3) is 0 Å². The van der Waals surface area contributed by atoms with E-state index in [1.807, 2.05) is 0 Å². The first-order chi connectivity index (χ1) is 8.57. The zero-order valence-corrected chi connectivity index (χ0v) is 11.9. The second-order valence-corrected chi connectivity index (χ2v) is 4.83. The second-order valence-electron chi connectivity index (χ2n) is 4.83. The predicted octanol–water partition coefficient (Wildman–Crippen LogP) is 0.919. The van der Waals surface area contributed by atoms with Gasteiger partial charge in [0.1, 0.15) is 0 Å². The number of hydrogen-bond acceptors (Lipinski definition) is 4. The Morgan fingerprint density at radius 1 is 1.22 bits per heavy atom. The third-order valence-electron chi connectivity index (χ3n) is 2.59. The van der Waals surface area contributed by atoms with Crippen LogP contribution in [0.2, 0.25) is 0 Å². The molecule has 0 radical (unpaired) electrons. The van der Waals surface area contributed by atoms with Crippen LogP contribution in [-0.2, 0) is 14.3 Å². The first kappa shape index (κ1) is 17.4. The van der Waals surface area contributed by atoms with Gasteiger partial charge in [0, 0.05) is 26.9 Å². The molecule has 3 N–H and O–H groups in total. The molecule has 0 saturated heterocycles. The van der Waals surface area contributed by atoms with E-state index in [1.54, 1.807) is 7.11 Å². The number of carbonyl (C=O) groups is 1. The third kappa shape index (κ3) is 10.5. The molecule has 1 unspecified atom stereocenters. The molecule has 0 fully saturated rings. The number of nitrogens with one attached hydrogen (secondary N) is 1. The number of amides is 1. The summed E-state index contributed by atoms with van der Waals surface area (Å²) in [5.74, 6) is 0.535. The van der Waals surface area contributed by atoms with E-state index >= 15 is 0 Å². The highest BCUT2D eigenvalue weighted by atomic mass is 16.5. The zero-order chi connectivity index (χ0) is 13.8. The molecule has 0 aromatic heterocycles. The van der Waals surface area contributed by atoms with Crippen molar-refractivity contribution < 1.29 is 14.3 Å². The van der Waals surface area contributed by atoms with Crippen molar-refractivity contribution in [1.82, 2.24) is 5.32 Å². The molecule has 0 spiro atoms. The van der Waals surface area contributed by atoms with Crippen molar-refractivity contribution in [3.05, 3.63) is 0 Å². The fraction of sp³-hybridized carbons (Fsp3) is 0.923. The summed E-state index contributed by atoms with van der Waals surface area (Å²) >= 11 is 0. The van der Waals surface area contributed by atoms with Crippen LogP contribution < -0.4 is 11.1 Å². The van der Waals surface area contributed by atoms with E-state index in [0.29, 0.717) is 32.1 Å². The molecule has 0 bridgehead atoms. The van der Waals surface area contributed by atoms with Gasteiger partial charge in [-0.15, -0.1) is 0 Å². The van der Waals surface area contributed by atoms with Crippen LogP contribution in [0.4, 0.5) is 0 Å². The minimum atomic E-state index is -0.448. The highest BCUT2D eigenvalue weighted by Gasteiger charge is 2.11. The average Bonchev–Trinajstić information content (AvgIpc) is 2.33. The maximum absolute atomic E-state index is 11.5. The van der Waals surface area contributed by atoms with Crippen molar-refractivity contribution in [2.45, 2.75) is 39.2 Å². The lowest BCUT2D eigenvalue weighted by molar-refractivity contribution is -0.122. The second kappa shape index (κ2) is 11.4. The van der Waals surface area contributed by atoms with E-state index in [-0.39, 0.29) is 5.91 Å². The van der Waals surface area contributed by atoms with Gasteiger partial charge in [-0.3, -0.25) is 4.79 Å². The van der Waals surface area contributed by atoms with Crippen LogP contribution in [0.3, 0.4) is 0 Å². The molecule has 1 amide bonds. The monoisotopic (exact) mass is 260 g/mol. The van der Waals surface area contributed by atoms with Crippen molar-refractivity contribution in [3.63, 3.8) is 0 Å².